The average molecular weight is 350 g/mol. The molecule has 0 spiro atoms. The molecular weight excluding hydrogens is 322 g/mol. The second kappa shape index (κ2) is 8.53. The van der Waals surface area contributed by atoms with Crippen molar-refractivity contribution in [1.82, 2.24) is 10.2 Å². The van der Waals surface area contributed by atoms with Crippen molar-refractivity contribution < 1.29 is 9.47 Å². The van der Waals surface area contributed by atoms with Gasteiger partial charge in [-0.3, -0.25) is 0 Å². The van der Waals surface area contributed by atoms with E-state index in [1.165, 1.54) is 5.69 Å². The molecule has 24 heavy (non-hydrogen) atoms. The summed E-state index contributed by atoms with van der Waals surface area (Å²) in [4.78, 5) is 4.63. The highest BCUT2D eigenvalue weighted by molar-refractivity contribution is 7.80. The van der Waals surface area contributed by atoms with E-state index in [2.05, 4.69) is 27.2 Å². The van der Waals surface area contributed by atoms with Crippen molar-refractivity contribution in [2.24, 2.45) is 0 Å². The Balaban J connectivity index is 1.49. The predicted octanol–water partition coefficient (Wildman–Crippen LogP) is 2.26. The van der Waals surface area contributed by atoms with Gasteiger partial charge in [0.2, 0.25) is 0 Å². The van der Waals surface area contributed by atoms with Crippen LogP contribution < -0.4 is 15.0 Å². The summed E-state index contributed by atoms with van der Waals surface area (Å²) in [6.07, 6.45) is 2.62. The summed E-state index contributed by atoms with van der Waals surface area (Å²) in [6, 6.07) is 8.26. The van der Waals surface area contributed by atoms with Gasteiger partial charge in [0, 0.05) is 39.3 Å². The lowest BCUT2D eigenvalue weighted by molar-refractivity contribution is 0.113. The van der Waals surface area contributed by atoms with E-state index in [4.69, 9.17) is 21.7 Å². The van der Waals surface area contributed by atoms with Gasteiger partial charge in [0.05, 0.1) is 18.4 Å². The number of nitrogens with one attached hydrogen (secondary N) is 1. The Morgan fingerprint density at radius 2 is 2.08 bits per heavy atom. The number of benzene rings is 1. The zero-order valence-electron chi connectivity index (χ0n) is 14.4. The number of para-hydroxylation sites is 2. The summed E-state index contributed by atoms with van der Waals surface area (Å²) in [5.41, 5.74) is 1.18. The van der Waals surface area contributed by atoms with Crippen LogP contribution in [0.4, 0.5) is 5.69 Å². The molecule has 0 aliphatic carbocycles. The van der Waals surface area contributed by atoms with Crippen LogP contribution in [0, 0.1) is 0 Å². The van der Waals surface area contributed by atoms with Crippen molar-refractivity contribution in [2.45, 2.75) is 25.9 Å². The van der Waals surface area contributed by atoms with E-state index in [9.17, 15) is 0 Å². The third kappa shape index (κ3) is 4.30. The molecule has 0 bridgehead atoms. The molecule has 0 amide bonds. The first-order chi connectivity index (χ1) is 11.8. The third-order valence-corrected chi connectivity index (χ3v) is 4.98. The van der Waals surface area contributed by atoms with Gasteiger partial charge < -0.3 is 24.6 Å². The Hall–Kier alpha value is -1.53. The van der Waals surface area contributed by atoms with Crippen LogP contribution in [0.15, 0.2) is 24.3 Å². The summed E-state index contributed by atoms with van der Waals surface area (Å²) in [6.45, 7) is 8.18. The molecule has 2 saturated heterocycles. The van der Waals surface area contributed by atoms with E-state index >= 15 is 0 Å². The molecule has 3 rings (SSSR count). The van der Waals surface area contributed by atoms with Crippen molar-refractivity contribution in [3.63, 3.8) is 0 Å². The van der Waals surface area contributed by atoms with Crippen LogP contribution in [-0.2, 0) is 4.74 Å². The lowest BCUT2D eigenvalue weighted by Gasteiger charge is -2.38. The first-order valence-electron chi connectivity index (χ1n) is 8.89. The van der Waals surface area contributed by atoms with Crippen molar-refractivity contribution in [1.29, 1.82) is 0 Å². The van der Waals surface area contributed by atoms with Crippen LogP contribution in [0.1, 0.15) is 19.8 Å². The van der Waals surface area contributed by atoms with Gasteiger partial charge in [-0.05, 0) is 44.1 Å². The maximum absolute atomic E-state index is 5.75. The van der Waals surface area contributed by atoms with Gasteiger partial charge in [-0.25, -0.2) is 0 Å². The lowest BCUT2D eigenvalue weighted by atomic mass is 10.2. The molecule has 2 aliphatic rings. The molecule has 1 N–H and O–H groups in total. The van der Waals surface area contributed by atoms with Gasteiger partial charge in [-0.1, -0.05) is 12.1 Å². The minimum absolute atomic E-state index is 0.322. The Morgan fingerprint density at radius 1 is 1.29 bits per heavy atom. The third-order valence-electron chi connectivity index (χ3n) is 4.58. The first kappa shape index (κ1) is 17.3. The zero-order valence-corrected chi connectivity index (χ0v) is 15.2. The number of thiocarbonyl (C=S) groups is 1. The summed E-state index contributed by atoms with van der Waals surface area (Å²) >= 11 is 5.55. The van der Waals surface area contributed by atoms with E-state index < -0.39 is 0 Å². The van der Waals surface area contributed by atoms with Crippen LogP contribution in [0.5, 0.6) is 5.75 Å². The van der Waals surface area contributed by atoms with E-state index in [-0.39, 0.29) is 0 Å². The minimum Gasteiger partial charge on any atom is -0.492 e. The second-order valence-corrected chi connectivity index (χ2v) is 6.58. The first-order valence-corrected chi connectivity index (χ1v) is 9.30. The number of nitrogens with zero attached hydrogens (tertiary/aromatic N) is 2. The monoisotopic (exact) mass is 349 g/mol. The largest absolute Gasteiger partial charge is 0.492 e. The van der Waals surface area contributed by atoms with E-state index in [0.29, 0.717) is 12.7 Å². The molecule has 0 saturated carbocycles. The fourth-order valence-electron chi connectivity index (χ4n) is 3.26. The van der Waals surface area contributed by atoms with Crippen molar-refractivity contribution in [3.8, 4) is 5.75 Å². The predicted molar refractivity (Wildman–Crippen MR) is 101 cm³/mol. The van der Waals surface area contributed by atoms with Crippen LogP contribution in [0.25, 0.3) is 0 Å². The Kier molecular flexibility index (Phi) is 6.15. The Labute approximate surface area is 149 Å². The van der Waals surface area contributed by atoms with Gasteiger partial charge in [0.1, 0.15) is 5.75 Å². The summed E-state index contributed by atoms with van der Waals surface area (Å²) in [5.74, 6) is 0.965. The molecule has 132 valence electrons. The average Bonchev–Trinajstić information content (AvgIpc) is 3.14. The molecule has 0 radical (unpaired) electrons. The molecule has 6 heteroatoms. The van der Waals surface area contributed by atoms with Gasteiger partial charge in [0.15, 0.2) is 5.11 Å². The second-order valence-electron chi connectivity index (χ2n) is 6.20. The SMILES string of the molecule is CCOc1ccccc1N1CCN(C(=S)NCC2CCCO2)CC1. The number of ether oxygens (including phenoxy) is 2. The van der Waals surface area contributed by atoms with Crippen LogP contribution >= 0.6 is 12.2 Å². The molecule has 0 aromatic heterocycles. The van der Waals surface area contributed by atoms with Gasteiger partial charge >= 0.3 is 0 Å². The number of hydrogen-bond acceptors (Lipinski definition) is 4. The molecule has 1 atom stereocenters. The standard InChI is InChI=1S/C18H27N3O2S/c1-2-22-17-8-4-3-7-16(17)20-9-11-21(12-10-20)18(24)19-14-15-6-5-13-23-15/h3-4,7-8,15H,2,5-6,9-14H2,1H3,(H,19,24). The van der Waals surface area contributed by atoms with Crippen LogP contribution in [0.2, 0.25) is 0 Å². The van der Waals surface area contributed by atoms with E-state index in [1.54, 1.807) is 0 Å². The lowest BCUT2D eigenvalue weighted by Crippen LogP contribution is -2.52. The van der Waals surface area contributed by atoms with E-state index in [1.807, 2.05) is 19.1 Å². The van der Waals surface area contributed by atoms with E-state index in [0.717, 1.165) is 63.0 Å². The minimum atomic E-state index is 0.322. The molecule has 1 aromatic rings. The number of hydrogen-bond donors (Lipinski definition) is 1. The van der Waals surface area contributed by atoms with Crippen LogP contribution in [-0.4, -0.2) is 62.1 Å². The molecule has 2 aliphatic heterocycles. The highest BCUT2D eigenvalue weighted by atomic mass is 32.1. The maximum atomic E-state index is 5.75. The summed E-state index contributed by atoms with van der Waals surface area (Å²) in [7, 11) is 0. The molecule has 2 heterocycles. The quantitative estimate of drug-likeness (QED) is 0.822. The highest BCUT2D eigenvalue weighted by Crippen LogP contribution is 2.28. The zero-order chi connectivity index (χ0) is 16.8. The fourth-order valence-corrected chi connectivity index (χ4v) is 3.53. The molecule has 1 unspecified atom stereocenters. The van der Waals surface area contributed by atoms with Gasteiger partial charge in [-0.2, -0.15) is 0 Å². The Morgan fingerprint density at radius 3 is 2.79 bits per heavy atom. The topological polar surface area (TPSA) is 37.0 Å². The van der Waals surface area contributed by atoms with Gasteiger partial charge in [0.25, 0.3) is 0 Å². The van der Waals surface area contributed by atoms with Crippen molar-refractivity contribution in [3.05, 3.63) is 24.3 Å². The number of anilines is 1. The Bertz CT molecular complexity index is 541. The smallest absolute Gasteiger partial charge is 0.169 e. The molecule has 2 fully saturated rings. The van der Waals surface area contributed by atoms with Crippen molar-refractivity contribution >= 4 is 23.0 Å². The molecule has 5 nitrogen and oxygen atoms in total. The summed E-state index contributed by atoms with van der Waals surface area (Å²) in [5, 5.41) is 4.22. The van der Waals surface area contributed by atoms with Crippen molar-refractivity contribution in [2.75, 3.05) is 50.8 Å². The number of piperazine rings is 1. The van der Waals surface area contributed by atoms with Gasteiger partial charge in [-0.15, -0.1) is 0 Å². The normalized spacial score (nSPS) is 21.0. The summed E-state index contributed by atoms with van der Waals surface area (Å²) < 4.78 is 11.4. The fraction of sp³-hybridized carbons (Fsp3) is 0.611. The highest BCUT2D eigenvalue weighted by Gasteiger charge is 2.22. The molecule has 1 aromatic carbocycles. The maximum Gasteiger partial charge on any atom is 0.169 e. The van der Waals surface area contributed by atoms with Crippen LogP contribution in [0.3, 0.4) is 0 Å². The number of rotatable bonds is 5. The molecular formula is C18H27N3O2S.